The predicted octanol–water partition coefficient (Wildman–Crippen LogP) is 1.35. The summed E-state index contributed by atoms with van der Waals surface area (Å²) in [5, 5.41) is 13.0. The van der Waals surface area contributed by atoms with E-state index in [0.717, 1.165) is 5.69 Å². The number of ether oxygens (including phenoxy) is 2. The Labute approximate surface area is 117 Å². The topological polar surface area (TPSA) is 56.5 Å². The van der Waals surface area contributed by atoms with Crippen molar-refractivity contribution in [3.63, 3.8) is 0 Å². The molecular weight excluding hydrogens is 256 g/mol. The molecule has 0 unspecified atom stereocenters. The first-order valence-corrected chi connectivity index (χ1v) is 6.12. The number of aliphatic hydroxyl groups excluding tert-OH is 1. The summed E-state index contributed by atoms with van der Waals surface area (Å²) in [7, 11) is 3.45. The van der Waals surface area contributed by atoms with Crippen LogP contribution in [0.2, 0.25) is 0 Å². The van der Waals surface area contributed by atoms with Crippen LogP contribution in [0.5, 0.6) is 11.5 Å². The summed E-state index contributed by atoms with van der Waals surface area (Å²) >= 11 is 0. The quantitative estimate of drug-likeness (QED) is 0.854. The molecule has 20 heavy (non-hydrogen) atoms. The molecule has 0 bridgehead atoms. The van der Waals surface area contributed by atoms with Gasteiger partial charge in [-0.2, -0.15) is 5.10 Å². The molecule has 0 aliphatic carbocycles. The van der Waals surface area contributed by atoms with Gasteiger partial charge in [0.2, 0.25) is 0 Å². The van der Waals surface area contributed by atoms with Gasteiger partial charge in [0.05, 0.1) is 18.4 Å². The van der Waals surface area contributed by atoms with E-state index in [2.05, 4.69) is 16.9 Å². The molecule has 0 aliphatic rings. The third kappa shape index (κ3) is 3.53. The molecule has 0 fully saturated rings. The molecular formula is C15H16N2O3. The molecule has 104 valence electrons. The molecule has 0 atom stereocenters. The molecule has 0 saturated carbocycles. The molecule has 2 rings (SSSR count). The van der Waals surface area contributed by atoms with Crippen LogP contribution >= 0.6 is 0 Å². The van der Waals surface area contributed by atoms with Gasteiger partial charge in [-0.1, -0.05) is 11.8 Å². The number of benzene rings is 1. The van der Waals surface area contributed by atoms with Crippen molar-refractivity contribution in [3.05, 3.63) is 41.7 Å². The number of hydrogen-bond acceptors (Lipinski definition) is 4. The van der Waals surface area contributed by atoms with E-state index in [0.29, 0.717) is 23.7 Å². The zero-order chi connectivity index (χ0) is 14.4. The highest BCUT2D eigenvalue weighted by molar-refractivity contribution is 5.50. The van der Waals surface area contributed by atoms with Crippen molar-refractivity contribution in [2.75, 3.05) is 13.7 Å². The largest absolute Gasteiger partial charge is 0.497 e. The number of aromatic nitrogens is 2. The van der Waals surface area contributed by atoms with Gasteiger partial charge >= 0.3 is 0 Å². The summed E-state index contributed by atoms with van der Waals surface area (Å²) in [4.78, 5) is 0. The van der Waals surface area contributed by atoms with Gasteiger partial charge in [0.25, 0.3) is 0 Å². The van der Waals surface area contributed by atoms with Gasteiger partial charge in [-0.15, -0.1) is 0 Å². The Hall–Kier alpha value is -2.45. The van der Waals surface area contributed by atoms with Gasteiger partial charge in [0.1, 0.15) is 24.7 Å². The maximum Gasteiger partial charge on any atom is 0.135 e. The number of aliphatic hydroxyl groups is 1. The molecule has 1 aromatic heterocycles. The third-order valence-corrected chi connectivity index (χ3v) is 2.63. The van der Waals surface area contributed by atoms with Crippen molar-refractivity contribution in [2.45, 2.75) is 6.61 Å². The molecule has 2 aromatic rings. The minimum Gasteiger partial charge on any atom is -0.497 e. The van der Waals surface area contributed by atoms with E-state index in [-0.39, 0.29) is 6.61 Å². The van der Waals surface area contributed by atoms with E-state index in [1.807, 2.05) is 19.3 Å². The number of methoxy groups -OCH3 is 1. The molecule has 0 aliphatic heterocycles. The first kappa shape index (κ1) is 14.0. The molecule has 1 heterocycles. The summed E-state index contributed by atoms with van der Waals surface area (Å²) in [6.07, 6.45) is 1.86. The van der Waals surface area contributed by atoms with Crippen LogP contribution in [0.3, 0.4) is 0 Å². The van der Waals surface area contributed by atoms with Crippen LogP contribution < -0.4 is 9.47 Å². The molecule has 1 N–H and O–H groups in total. The number of rotatable bonds is 4. The fraction of sp³-hybridized carbons (Fsp3) is 0.267. The first-order valence-electron chi connectivity index (χ1n) is 6.12. The molecule has 1 aromatic carbocycles. The average Bonchev–Trinajstić information content (AvgIpc) is 2.89. The fourth-order valence-corrected chi connectivity index (χ4v) is 1.69. The van der Waals surface area contributed by atoms with Gasteiger partial charge in [-0.25, -0.2) is 0 Å². The van der Waals surface area contributed by atoms with E-state index >= 15 is 0 Å². The maximum atomic E-state index is 8.80. The van der Waals surface area contributed by atoms with Gasteiger partial charge in [-0.05, 0) is 24.3 Å². The van der Waals surface area contributed by atoms with Gasteiger partial charge in [0.15, 0.2) is 0 Å². The van der Waals surface area contributed by atoms with Crippen molar-refractivity contribution in [1.82, 2.24) is 9.78 Å². The first-order chi connectivity index (χ1) is 9.72. The molecule has 0 amide bonds. The lowest BCUT2D eigenvalue weighted by Gasteiger charge is -2.08. The van der Waals surface area contributed by atoms with Crippen molar-refractivity contribution >= 4 is 0 Å². The van der Waals surface area contributed by atoms with Gasteiger partial charge < -0.3 is 14.6 Å². The van der Waals surface area contributed by atoms with E-state index in [1.165, 1.54) is 0 Å². The van der Waals surface area contributed by atoms with Crippen molar-refractivity contribution in [2.24, 2.45) is 7.05 Å². The highest BCUT2D eigenvalue weighted by atomic mass is 16.5. The molecule has 5 heteroatoms. The van der Waals surface area contributed by atoms with Crippen LogP contribution in [0.4, 0.5) is 0 Å². The lowest BCUT2D eigenvalue weighted by Crippen LogP contribution is -1.99. The van der Waals surface area contributed by atoms with Crippen LogP contribution in [0.25, 0.3) is 0 Å². The molecule has 0 saturated heterocycles. The second kappa shape index (κ2) is 6.64. The van der Waals surface area contributed by atoms with E-state index in [4.69, 9.17) is 14.6 Å². The summed E-state index contributed by atoms with van der Waals surface area (Å²) in [6, 6.07) is 7.26. The summed E-state index contributed by atoms with van der Waals surface area (Å²) in [5.74, 6) is 6.79. The third-order valence-electron chi connectivity index (χ3n) is 2.63. The second-order valence-electron chi connectivity index (χ2n) is 4.09. The van der Waals surface area contributed by atoms with Crippen molar-refractivity contribution in [3.8, 4) is 23.3 Å². The van der Waals surface area contributed by atoms with E-state index in [1.54, 1.807) is 30.0 Å². The highest BCUT2D eigenvalue weighted by Gasteiger charge is 2.05. The number of hydrogen-bond donors (Lipinski definition) is 1. The Balaban J connectivity index is 2.17. The Morgan fingerprint density at radius 1 is 1.35 bits per heavy atom. The summed E-state index contributed by atoms with van der Waals surface area (Å²) in [5.41, 5.74) is 1.51. The summed E-state index contributed by atoms with van der Waals surface area (Å²) < 4.78 is 12.6. The Morgan fingerprint density at radius 2 is 2.20 bits per heavy atom. The van der Waals surface area contributed by atoms with Crippen molar-refractivity contribution in [1.29, 1.82) is 0 Å². The number of nitrogens with zero attached hydrogens (tertiary/aromatic N) is 2. The molecule has 0 radical (unpaired) electrons. The van der Waals surface area contributed by atoms with Crippen LogP contribution in [0.1, 0.15) is 11.3 Å². The van der Waals surface area contributed by atoms with Crippen molar-refractivity contribution < 1.29 is 14.6 Å². The van der Waals surface area contributed by atoms with E-state index < -0.39 is 0 Å². The monoisotopic (exact) mass is 272 g/mol. The predicted molar refractivity (Wildman–Crippen MR) is 74.5 cm³/mol. The smallest absolute Gasteiger partial charge is 0.135 e. The lowest BCUT2D eigenvalue weighted by molar-refractivity contribution is 0.298. The normalized spacial score (nSPS) is 9.75. The fourth-order valence-electron chi connectivity index (χ4n) is 1.69. The lowest BCUT2D eigenvalue weighted by atomic mass is 10.2. The van der Waals surface area contributed by atoms with Crippen LogP contribution in [0.15, 0.2) is 30.5 Å². The summed E-state index contributed by atoms with van der Waals surface area (Å²) in [6.45, 7) is 0.165. The van der Waals surface area contributed by atoms with Gasteiger partial charge in [-0.3, -0.25) is 4.68 Å². The standard InChI is InChI=1S/C15H16N2O3/c1-17-8-7-13(16-17)11-20-15-6-5-14(19-2)10-12(15)4-3-9-18/h5-8,10,18H,9,11H2,1-2H3. The Bertz CT molecular complexity index is 638. The minimum absolute atomic E-state index is 0.198. The van der Waals surface area contributed by atoms with E-state index in [9.17, 15) is 0 Å². The Morgan fingerprint density at radius 3 is 2.85 bits per heavy atom. The Kier molecular flexibility index (Phi) is 4.64. The SMILES string of the molecule is COc1ccc(OCc2ccn(C)n2)c(C#CCO)c1. The second-order valence-corrected chi connectivity index (χ2v) is 4.09. The van der Waals surface area contributed by atoms with Crippen LogP contribution in [-0.4, -0.2) is 28.6 Å². The average molecular weight is 272 g/mol. The van der Waals surface area contributed by atoms with Gasteiger partial charge in [0, 0.05) is 13.2 Å². The molecule has 0 spiro atoms. The minimum atomic E-state index is -0.198. The maximum absolute atomic E-state index is 8.80. The van der Waals surface area contributed by atoms with Crippen LogP contribution in [-0.2, 0) is 13.7 Å². The number of aryl methyl sites for hydroxylation is 1. The van der Waals surface area contributed by atoms with Crippen LogP contribution in [0, 0.1) is 11.8 Å². The zero-order valence-electron chi connectivity index (χ0n) is 11.5. The highest BCUT2D eigenvalue weighted by Crippen LogP contribution is 2.24. The zero-order valence-corrected chi connectivity index (χ0v) is 11.5. The molecule has 5 nitrogen and oxygen atoms in total.